The molecule has 1 atom stereocenters. The van der Waals surface area contributed by atoms with Crippen molar-refractivity contribution in [3.63, 3.8) is 0 Å². The molecule has 0 fully saturated rings. The van der Waals surface area contributed by atoms with Gasteiger partial charge in [0.05, 0.1) is 18.3 Å². The van der Waals surface area contributed by atoms with Crippen molar-refractivity contribution < 1.29 is 0 Å². The third-order valence-electron chi connectivity index (χ3n) is 4.41. The Bertz CT molecular complexity index is 890. The van der Waals surface area contributed by atoms with Crippen LogP contribution in [0.5, 0.6) is 0 Å². The minimum Gasteiger partial charge on any atom is -0.357 e. The van der Waals surface area contributed by atoms with E-state index < -0.39 is 0 Å². The number of benzene rings is 1. The van der Waals surface area contributed by atoms with E-state index in [4.69, 9.17) is 11.6 Å². The van der Waals surface area contributed by atoms with E-state index in [0.717, 1.165) is 34.3 Å². The first-order valence-electron chi connectivity index (χ1n) is 9.34. The van der Waals surface area contributed by atoms with Crippen molar-refractivity contribution >= 4 is 17.6 Å². The zero-order valence-electron chi connectivity index (χ0n) is 16.1. The Morgan fingerprint density at radius 1 is 1.14 bits per heavy atom. The first kappa shape index (κ1) is 19.9. The number of nitrogens with one attached hydrogen (secondary N) is 2. The standard InChI is InChI=1S/C21H25ClN6/c1-3-23-21(25-14-19-16(2)6-4-11-24-19)26-15-20(28-13-5-12-27-28)17-7-9-18(22)10-8-17/h4-13,20H,3,14-15H2,1-2H3,(H2,23,25,26). The van der Waals surface area contributed by atoms with E-state index in [1.165, 1.54) is 0 Å². The van der Waals surface area contributed by atoms with Crippen molar-refractivity contribution in [2.45, 2.75) is 26.4 Å². The molecule has 3 rings (SSSR count). The van der Waals surface area contributed by atoms with E-state index in [1.807, 2.05) is 67.2 Å². The molecule has 2 aromatic heterocycles. The molecule has 7 heteroatoms. The van der Waals surface area contributed by atoms with Crippen LogP contribution in [-0.2, 0) is 6.54 Å². The number of guanidine groups is 1. The Morgan fingerprint density at radius 2 is 1.96 bits per heavy atom. The molecule has 0 amide bonds. The van der Waals surface area contributed by atoms with E-state index in [-0.39, 0.29) is 6.04 Å². The fourth-order valence-electron chi connectivity index (χ4n) is 2.89. The van der Waals surface area contributed by atoms with Gasteiger partial charge in [0.1, 0.15) is 0 Å². The molecule has 1 unspecified atom stereocenters. The van der Waals surface area contributed by atoms with Crippen molar-refractivity contribution in [2.75, 3.05) is 13.1 Å². The van der Waals surface area contributed by atoms with Crippen LogP contribution < -0.4 is 10.6 Å². The van der Waals surface area contributed by atoms with Crippen LogP contribution in [-0.4, -0.2) is 33.8 Å². The Morgan fingerprint density at radius 3 is 2.64 bits per heavy atom. The van der Waals surface area contributed by atoms with Crippen LogP contribution in [0.3, 0.4) is 0 Å². The van der Waals surface area contributed by atoms with Crippen LogP contribution in [0.25, 0.3) is 0 Å². The highest BCUT2D eigenvalue weighted by atomic mass is 35.5. The van der Waals surface area contributed by atoms with Gasteiger partial charge >= 0.3 is 0 Å². The van der Waals surface area contributed by atoms with Gasteiger partial charge in [0.25, 0.3) is 0 Å². The average molecular weight is 397 g/mol. The Kier molecular flexibility index (Phi) is 7.03. The summed E-state index contributed by atoms with van der Waals surface area (Å²) in [5.74, 6) is 0.749. The van der Waals surface area contributed by atoms with Gasteiger partial charge in [-0.15, -0.1) is 0 Å². The zero-order chi connectivity index (χ0) is 19.8. The van der Waals surface area contributed by atoms with E-state index in [0.29, 0.717) is 13.1 Å². The molecule has 2 heterocycles. The molecule has 3 aromatic rings. The topological polar surface area (TPSA) is 67.1 Å². The molecule has 0 saturated heterocycles. The van der Waals surface area contributed by atoms with Gasteiger partial charge in [-0.3, -0.25) is 9.67 Å². The number of hydrogen-bond acceptors (Lipinski definition) is 3. The van der Waals surface area contributed by atoms with Gasteiger partial charge in [0.15, 0.2) is 5.96 Å². The number of nitrogens with zero attached hydrogens (tertiary/aromatic N) is 4. The summed E-state index contributed by atoms with van der Waals surface area (Å²) in [4.78, 5) is 9.10. The largest absolute Gasteiger partial charge is 0.357 e. The highest BCUT2D eigenvalue weighted by Crippen LogP contribution is 2.19. The van der Waals surface area contributed by atoms with Crippen LogP contribution >= 0.6 is 11.6 Å². The lowest BCUT2D eigenvalue weighted by Gasteiger charge is -2.20. The monoisotopic (exact) mass is 396 g/mol. The summed E-state index contributed by atoms with van der Waals surface area (Å²) in [5.41, 5.74) is 3.23. The second kappa shape index (κ2) is 9.90. The summed E-state index contributed by atoms with van der Waals surface area (Å²) < 4.78 is 1.93. The van der Waals surface area contributed by atoms with Gasteiger partial charge in [-0.1, -0.05) is 29.8 Å². The number of halogens is 1. The van der Waals surface area contributed by atoms with Crippen molar-refractivity contribution in [3.05, 3.63) is 82.9 Å². The molecule has 2 N–H and O–H groups in total. The first-order chi connectivity index (χ1) is 13.7. The predicted octanol–water partition coefficient (Wildman–Crippen LogP) is 3.58. The smallest absolute Gasteiger partial charge is 0.191 e. The summed E-state index contributed by atoms with van der Waals surface area (Å²) in [7, 11) is 0. The third-order valence-corrected chi connectivity index (χ3v) is 4.66. The first-order valence-corrected chi connectivity index (χ1v) is 9.72. The van der Waals surface area contributed by atoms with Crippen LogP contribution in [0, 0.1) is 6.92 Å². The fourth-order valence-corrected chi connectivity index (χ4v) is 3.01. The number of aryl methyl sites for hydroxylation is 1. The molecule has 0 aliphatic rings. The number of aromatic nitrogens is 3. The lowest BCUT2D eigenvalue weighted by molar-refractivity contribution is 0.510. The van der Waals surface area contributed by atoms with Gasteiger partial charge in [-0.25, -0.2) is 4.99 Å². The fraction of sp³-hybridized carbons (Fsp3) is 0.286. The number of rotatable bonds is 7. The molecule has 0 radical (unpaired) electrons. The summed E-state index contributed by atoms with van der Waals surface area (Å²) in [5, 5.41) is 11.9. The summed E-state index contributed by atoms with van der Waals surface area (Å²) in [6, 6.07) is 13.8. The Balaban J connectivity index is 1.74. The van der Waals surface area contributed by atoms with Gasteiger partial charge in [0, 0.05) is 36.7 Å². The molecule has 6 nitrogen and oxygen atoms in total. The van der Waals surface area contributed by atoms with Gasteiger partial charge in [-0.05, 0) is 49.2 Å². The zero-order valence-corrected chi connectivity index (χ0v) is 16.9. The van der Waals surface area contributed by atoms with Crippen molar-refractivity contribution in [1.29, 1.82) is 0 Å². The van der Waals surface area contributed by atoms with Crippen molar-refractivity contribution in [3.8, 4) is 0 Å². The summed E-state index contributed by atoms with van der Waals surface area (Å²) in [6.07, 6.45) is 5.54. The average Bonchev–Trinajstić information content (AvgIpc) is 3.23. The molecule has 0 aliphatic carbocycles. The molecule has 0 bridgehead atoms. The normalized spacial score (nSPS) is 12.6. The molecule has 0 aliphatic heterocycles. The molecule has 28 heavy (non-hydrogen) atoms. The second-order valence-corrected chi connectivity index (χ2v) is 6.83. The maximum absolute atomic E-state index is 6.05. The molecular weight excluding hydrogens is 372 g/mol. The highest BCUT2D eigenvalue weighted by molar-refractivity contribution is 6.30. The van der Waals surface area contributed by atoms with Gasteiger partial charge < -0.3 is 10.6 Å². The molecule has 0 spiro atoms. The van der Waals surface area contributed by atoms with E-state index in [1.54, 1.807) is 12.4 Å². The second-order valence-electron chi connectivity index (χ2n) is 6.40. The summed E-state index contributed by atoms with van der Waals surface area (Å²) in [6.45, 7) is 6.03. The van der Waals surface area contributed by atoms with Gasteiger partial charge in [0.2, 0.25) is 0 Å². The Hall–Kier alpha value is -2.86. The molecule has 0 saturated carbocycles. The lowest BCUT2D eigenvalue weighted by Crippen LogP contribution is -2.40. The lowest BCUT2D eigenvalue weighted by atomic mass is 10.1. The van der Waals surface area contributed by atoms with Crippen molar-refractivity contribution in [2.24, 2.45) is 4.99 Å². The highest BCUT2D eigenvalue weighted by Gasteiger charge is 2.15. The molecular formula is C21H25ClN6. The van der Waals surface area contributed by atoms with Crippen LogP contribution in [0.2, 0.25) is 5.02 Å². The SMILES string of the molecule is CCNC(=NCc1ncccc1C)NCC(c1ccc(Cl)cc1)n1cccn1. The van der Waals surface area contributed by atoms with E-state index in [2.05, 4.69) is 25.7 Å². The van der Waals surface area contributed by atoms with E-state index in [9.17, 15) is 0 Å². The van der Waals surface area contributed by atoms with Crippen LogP contribution in [0.1, 0.15) is 29.8 Å². The maximum atomic E-state index is 6.05. The number of aliphatic imine (C=N–C) groups is 1. The third kappa shape index (κ3) is 5.33. The number of hydrogen-bond donors (Lipinski definition) is 2. The molecule has 146 valence electrons. The molecule has 1 aromatic carbocycles. The Labute approximate surface area is 170 Å². The quantitative estimate of drug-likeness (QED) is 0.473. The van der Waals surface area contributed by atoms with E-state index >= 15 is 0 Å². The van der Waals surface area contributed by atoms with Crippen molar-refractivity contribution in [1.82, 2.24) is 25.4 Å². The minimum atomic E-state index is 0.0210. The van der Waals surface area contributed by atoms with Crippen LogP contribution in [0.4, 0.5) is 0 Å². The minimum absolute atomic E-state index is 0.0210. The van der Waals surface area contributed by atoms with Gasteiger partial charge in [-0.2, -0.15) is 5.10 Å². The summed E-state index contributed by atoms with van der Waals surface area (Å²) >= 11 is 6.05. The van der Waals surface area contributed by atoms with Crippen LogP contribution in [0.15, 0.2) is 66.0 Å². The maximum Gasteiger partial charge on any atom is 0.191 e. The number of pyridine rings is 1. The predicted molar refractivity (Wildman–Crippen MR) is 114 cm³/mol.